The van der Waals surface area contributed by atoms with E-state index in [0.29, 0.717) is 31.5 Å². The van der Waals surface area contributed by atoms with Crippen molar-refractivity contribution in [3.05, 3.63) is 48.2 Å². The first-order chi connectivity index (χ1) is 11.1. The van der Waals surface area contributed by atoms with Crippen LogP contribution in [0.25, 0.3) is 0 Å². The number of ether oxygens (including phenoxy) is 1. The number of aliphatic hydroxyl groups excluding tert-OH is 1. The molecule has 1 fully saturated rings. The molecule has 2 heterocycles. The lowest BCUT2D eigenvalue weighted by molar-refractivity contribution is 0.114. The first kappa shape index (κ1) is 15.7. The maximum atomic E-state index is 10.1. The van der Waals surface area contributed by atoms with Gasteiger partial charge in [-0.05, 0) is 19.7 Å². The third kappa shape index (κ3) is 3.78. The molecule has 6 nitrogen and oxygen atoms in total. The van der Waals surface area contributed by atoms with Crippen LogP contribution < -0.4 is 9.64 Å². The van der Waals surface area contributed by atoms with Crippen LogP contribution in [0.15, 0.2) is 42.6 Å². The van der Waals surface area contributed by atoms with E-state index < -0.39 is 6.10 Å². The van der Waals surface area contributed by atoms with Gasteiger partial charge >= 0.3 is 0 Å². The minimum atomic E-state index is -0.400. The van der Waals surface area contributed by atoms with Crippen LogP contribution in [0.4, 0.5) is 5.95 Å². The van der Waals surface area contributed by atoms with Crippen LogP contribution in [0.3, 0.4) is 0 Å². The Hall–Kier alpha value is -2.18. The molecule has 23 heavy (non-hydrogen) atoms. The summed E-state index contributed by atoms with van der Waals surface area (Å²) in [5, 5.41) is 10.1. The molecule has 1 saturated heterocycles. The lowest BCUT2D eigenvalue weighted by Crippen LogP contribution is -2.38. The number of rotatable bonds is 5. The number of likely N-dealkylation sites (N-methyl/N-ethyl adjacent to an activating group) is 1. The Bertz CT molecular complexity index is 636. The molecule has 0 radical (unpaired) electrons. The Morgan fingerprint density at radius 2 is 2.00 bits per heavy atom. The van der Waals surface area contributed by atoms with Gasteiger partial charge in [-0.1, -0.05) is 30.3 Å². The molecule has 1 N–H and O–H groups in total. The quantitative estimate of drug-likeness (QED) is 0.894. The van der Waals surface area contributed by atoms with E-state index in [1.807, 2.05) is 54.2 Å². The topological polar surface area (TPSA) is 61.7 Å². The fourth-order valence-corrected chi connectivity index (χ4v) is 2.74. The van der Waals surface area contributed by atoms with E-state index in [1.165, 1.54) is 0 Å². The summed E-state index contributed by atoms with van der Waals surface area (Å²) in [6, 6.07) is 11.8. The average Bonchev–Trinajstić information content (AvgIpc) is 2.96. The van der Waals surface area contributed by atoms with Crippen molar-refractivity contribution in [2.45, 2.75) is 18.8 Å². The molecule has 6 heteroatoms. The largest absolute Gasteiger partial charge is 0.473 e. The second kappa shape index (κ2) is 6.93. The summed E-state index contributed by atoms with van der Waals surface area (Å²) in [6.45, 7) is 1.71. The van der Waals surface area contributed by atoms with Gasteiger partial charge in [0.05, 0.1) is 12.1 Å². The maximum Gasteiger partial charge on any atom is 0.228 e. The molecule has 0 bridgehead atoms. The molecule has 3 rings (SSSR count). The Labute approximate surface area is 136 Å². The maximum absolute atomic E-state index is 10.1. The minimum Gasteiger partial charge on any atom is -0.473 e. The highest BCUT2D eigenvalue weighted by molar-refractivity contribution is 5.35. The molecule has 0 saturated carbocycles. The van der Waals surface area contributed by atoms with Crippen LogP contribution >= 0.6 is 0 Å². The van der Waals surface area contributed by atoms with Gasteiger partial charge in [-0.15, -0.1) is 0 Å². The van der Waals surface area contributed by atoms with Crippen LogP contribution in [0, 0.1) is 0 Å². The fraction of sp³-hybridized carbons (Fsp3) is 0.412. The lowest BCUT2D eigenvalue weighted by Gasteiger charge is -2.21. The molecule has 1 aromatic heterocycles. The molecular formula is C17H22N4O2. The monoisotopic (exact) mass is 314 g/mol. The van der Waals surface area contributed by atoms with Crippen LogP contribution in [-0.2, 0) is 6.61 Å². The number of hydrogen-bond donors (Lipinski definition) is 1. The number of aromatic nitrogens is 2. The average molecular weight is 314 g/mol. The predicted octanol–water partition coefficient (Wildman–Crippen LogP) is 1.17. The van der Waals surface area contributed by atoms with Crippen molar-refractivity contribution in [3.8, 4) is 5.88 Å². The molecule has 0 aliphatic carbocycles. The lowest BCUT2D eigenvalue weighted by atomic mass is 10.2. The summed E-state index contributed by atoms with van der Waals surface area (Å²) >= 11 is 0. The van der Waals surface area contributed by atoms with Crippen molar-refractivity contribution in [3.63, 3.8) is 0 Å². The van der Waals surface area contributed by atoms with Crippen LogP contribution in [0.2, 0.25) is 0 Å². The SMILES string of the molecule is CN(C)[C@H]1CN(c2nccc(OCc3ccccc3)n2)C[C@@H]1O. The van der Waals surface area contributed by atoms with Gasteiger partial charge in [-0.25, -0.2) is 4.98 Å². The van der Waals surface area contributed by atoms with E-state index in [1.54, 1.807) is 12.3 Å². The van der Waals surface area contributed by atoms with Gasteiger partial charge in [0.15, 0.2) is 0 Å². The zero-order valence-corrected chi connectivity index (χ0v) is 13.5. The van der Waals surface area contributed by atoms with Crippen molar-refractivity contribution in [1.82, 2.24) is 14.9 Å². The van der Waals surface area contributed by atoms with Crippen molar-refractivity contribution in [1.29, 1.82) is 0 Å². The Kier molecular flexibility index (Phi) is 4.73. The molecule has 2 atom stereocenters. The summed E-state index contributed by atoms with van der Waals surface area (Å²) in [5.74, 6) is 1.14. The highest BCUT2D eigenvalue weighted by atomic mass is 16.5. The van der Waals surface area contributed by atoms with E-state index in [4.69, 9.17) is 4.74 Å². The van der Waals surface area contributed by atoms with E-state index in [9.17, 15) is 5.11 Å². The molecule has 0 unspecified atom stereocenters. The van der Waals surface area contributed by atoms with Gasteiger partial charge in [-0.3, -0.25) is 0 Å². The van der Waals surface area contributed by atoms with Crippen molar-refractivity contribution in [2.75, 3.05) is 32.1 Å². The van der Waals surface area contributed by atoms with Crippen LogP contribution in [0.5, 0.6) is 5.88 Å². The number of aliphatic hydroxyl groups is 1. The van der Waals surface area contributed by atoms with Crippen molar-refractivity contribution < 1.29 is 9.84 Å². The zero-order valence-electron chi connectivity index (χ0n) is 13.5. The number of hydrogen-bond acceptors (Lipinski definition) is 6. The first-order valence-corrected chi connectivity index (χ1v) is 7.72. The van der Waals surface area contributed by atoms with E-state index >= 15 is 0 Å². The number of nitrogens with zero attached hydrogens (tertiary/aromatic N) is 4. The van der Waals surface area contributed by atoms with Gasteiger partial charge in [0.1, 0.15) is 6.61 Å². The highest BCUT2D eigenvalue weighted by Crippen LogP contribution is 2.21. The zero-order chi connectivity index (χ0) is 16.2. The Balaban J connectivity index is 1.66. The van der Waals surface area contributed by atoms with Crippen LogP contribution in [-0.4, -0.2) is 59.3 Å². The summed E-state index contributed by atoms with van der Waals surface area (Å²) in [7, 11) is 3.94. The minimum absolute atomic E-state index is 0.0903. The van der Waals surface area contributed by atoms with Gasteiger partial charge in [0.25, 0.3) is 0 Å². The molecule has 2 aromatic rings. The second-order valence-electron chi connectivity index (χ2n) is 5.97. The van der Waals surface area contributed by atoms with E-state index in [-0.39, 0.29) is 6.04 Å². The molecule has 1 aromatic carbocycles. The number of anilines is 1. The molecule has 1 aliphatic heterocycles. The number of benzene rings is 1. The normalized spacial score (nSPS) is 21.0. The van der Waals surface area contributed by atoms with Gasteiger partial charge in [0, 0.05) is 25.4 Å². The second-order valence-corrected chi connectivity index (χ2v) is 5.97. The van der Waals surface area contributed by atoms with Crippen molar-refractivity contribution >= 4 is 5.95 Å². The summed E-state index contributed by atoms with van der Waals surface area (Å²) in [4.78, 5) is 12.8. The van der Waals surface area contributed by atoms with Gasteiger partial charge in [0.2, 0.25) is 11.8 Å². The molecule has 122 valence electrons. The summed E-state index contributed by atoms with van der Waals surface area (Å²) < 4.78 is 5.74. The van der Waals surface area contributed by atoms with Gasteiger partial charge in [-0.2, -0.15) is 4.98 Å². The third-order valence-corrected chi connectivity index (χ3v) is 4.05. The number of β-amino-alcohol motifs (C(OH)–C–C–N with tert-alkyl or cyclic N) is 1. The smallest absolute Gasteiger partial charge is 0.228 e. The third-order valence-electron chi connectivity index (χ3n) is 4.05. The molecule has 0 amide bonds. The fourth-order valence-electron chi connectivity index (χ4n) is 2.74. The standard InChI is InChI=1S/C17H22N4O2/c1-20(2)14-10-21(11-15(14)22)17-18-9-8-16(19-17)23-12-13-6-4-3-5-7-13/h3-9,14-15,22H,10-12H2,1-2H3/t14-,15-/m0/s1. The van der Waals surface area contributed by atoms with E-state index in [0.717, 1.165) is 5.56 Å². The van der Waals surface area contributed by atoms with Gasteiger partial charge < -0.3 is 19.6 Å². The predicted molar refractivity (Wildman–Crippen MR) is 88.5 cm³/mol. The summed E-state index contributed by atoms with van der Waals surface area (Å²) in [6.07, 6.45) is 1.29. The summed E-state index contributed by atoms with van der Waals surface area (Å²) in [5.41, 5.74) is 1.09. The van der Waals surface area contributed by atoms with Crippen LogP contribution in [0.1, 0.15) is 5.56 Å². The van der Waals surface area contributed by atoms with E-state index in [2.05, 4.69) is 9.97 Å². The first-order valence-electron chi connectivity index (χ1n) is 7.72. The molecule has 1 aliphatic rings. The molecular weight excluding hydrogens is 292 g/mol. The molecule has 0 spiro atoms. The Morgan fingerprint density at radius 3 is 2.70 bits per heavy atom. The highest BCUT2D eigenvalue weighted by Gasteiger charge is 2.34. The van der Waals surface area contributed by atoms with Crippen molar-refractivity contribution in [2.24, 2.45) is 0 Å². The Morgan fingerprint density at radius 1 is 1.22 bits per heavy atom.